The highest BCUT2D eigenvalue weighted by molar-refractivity contribution is 5.79. The van der Waals surface area contributed by atoms with Gasteiger partial charge >= 0.3 is 5.97 Å². The fraction of sp³-hybridized carbons (Fsp3) is 0.667. The number of aliphatic carboxylic acids is 1. The molecule has 0 saturated carbocycles. The third-order valence-electron chi connectivity index (χ3n) is 1.84. The predicted octanol–water partition coefficient (Wildman–Crippen LogP) is 0.167. The van der Waals surface area contributed by atoms with Crippen molar-refractivity contribution >= 4 is 5.97 Å². The summed E-state index contributed by atoms with van der Waals surface area (Å²) in [5, 5.41) is 11.4. The molecule has 76 valence electrons. The first-order valence-corrected chi connectivity index (χ1v) is 4.30. The largest absolute Gasteiger partial charge is 0.478 e. The topological polar surface area (TPSA) is 52.6 Å². The van der Waals surface area contributed by atoms with Gasteiger partial charge in [-0.2, -0.15) is 0 Å². The number of rotatable bonds is 6. The lowest BCUT2D eigenvalue weighted by Gasteiger charge is -2.19. The third kappa shape index (κ3) is 7.49. The molecule has 0 rings (SSSR count). The lowest BCUT2D eigenvalue weighted by atomic mass is 10.3. The van der Waals surface area contributed by atoms with Crippen LogP contribution < -0.4 is 5.32 Å². The van der Waals surface area contributed by atoms with Crippen LogP contribution in [0.1, 0.15) is 6.92 Å². The standard InChI is InChI=1S/C9H18N2O2/c1-8(11(2)3)7-10-6-4-5-9(12)13/h4-5,8,10H,6-7H2,1-3H3,(H,12,13)/b5-4+. The van der Waals surface area contributed by atoms with Gasteiger partial charge in [-0.05, 0) is 21.0 Å². The minimum absolute atomic E-state index is 0.457. The van der Waals surface area contributed by atoms with Gasteiger partial charge in [0.2, 0.25) is 0 Å². The van der Waals surface area contributed by atoms with Crippen LogP contribution in [0, 0.1) is 0 Å². The van der Waals surface area contributed by atoms with Gasteiger partial charge < -0.3 is 15.3 Å². The van der Waals surface area contributed by atoms with Crippen molar-refractivity contribution < 1.29 is 9.90 Å². The average molecular weight is 186 g/mol. The molecule has 0 saturated heterocycles. The van der Waals surface area contributed by atoms with Gasteiger partial charge in [-0.1, -0.05) is 6.08 Å². The van der Waals surface area contributed by atoms with E-state index in [1.54, 1.807) is 6.08 Å². The molecule has 0 fully saturated rings. The Kier molecular flexibility index (Phi) is 6.18. The molecule has 1 atom stereocenters. The van der Waals surface area contributed by atoms with Crippen molar-refractivity contribution in [3.8, 4) is 0 Å². The second-order valence-electron chi connectivity index (χ2n) is 3.21. The minimum atomic E-state index is -0.901. The molecule has 13 heavy (non-hydrogen) atoms. The molecule has 0 aliphatic rings. The molecular formula is C9H18N2O2. The van der Waals surface area contributed by atoms with Gasteiger partial charge in [0, 0.05) is 25.2 Å². The van der Waals surface area contributed by atoms with Gasteiger partial charge in [0.25, 0.3) is 0 Å². The molecule has 0 aliphatic heterocycles. The van der Waals surface area contributed by atoms with Crippen LogP contribution in [0.4, 0.5) is 0 Å². The molecule has 0 aromatic heterocycles. The second kappa shape index (κ2) is 6.62. The molecule has 4 heteroatoms. The van der Waals surface area contributed by atoms with Crippen molar-refractivity contribution in [3.05, 3.63) is 12.2 Å². The van der Waals surface area contributed by atoms with E-state index in [1.165, 1.54) is 0 Å². The Morgan fingerprint density at radius 1 is 1.62 bits per heavy atom. The number of carboxylic acids is 1. The van der Waals surface area contributed by atoms with Gasteiger partial charge in [0.1, 0.15) is 0 Å². The maximum atomic E-state index is 10.1. The number of likely N-dealkylation sites (N-methyl/N-ethyl adjacent to an activating group) is 1. The first kappa shape index (κ1) is 12.1. The summed E-state index contributed by atoms with van der Waals surface area (Å²) < 4.78 is 0. The highest BCUT2D eigenvalue weighted by Crippen LogP contribution is 1.87. The lowest BCUT2D eigenvalue weighted by Crippen LogP contribution is -2.35. The normalized spacial score (nSPS) is 13.8. The van der Waals surface area contributed by atoms with E-state index in [2.05, 4.69) is 17.1 Å². The van der Waals surface area contributed by atoms with Crippen LogP contribution in [0.5, 0.6) is 0 Å². The molecule has 0 aromatic rings. The van der Waals surface area contributed by atoms with E-state index in [0.717, 1.165) is 12.6 Å². The lowest BCUT2D eigenvalue weighted by molar-refractivity contribution is -0.131. The Bertz CT molecular complexity index is 178. The predicted molar refractivity (Wildman–Crippen MR) is 52.8 cm³/mol. The summed E-state index contributed by atoms with van der Waals surface area (Å²) in [6, 6.07) is 0.457. The number of carboxylic acid groups (broad SMARTS) is 1. The van der Waals surface area contributed by atoms with E-state index in [-0.39, 0.29) is 0 Å². The summed E-state index contributed by atoms with van der Waals surface area (Å²) in [6.07, 6.45) is 2.75. The summed E-state index contributed by atoms with van der Waals surface area (Å²) in [4.78, 5) is 12.2. The molecule has 0 amide bonds. The Hall–Kier alpha value is -0.870. The maximum absolute atomic E-state index is 10.1. The van der Waals surface area contributed by atoms with Gasteiger partial charge in [-0.3, -0.25) is 0 Å². The Morgan fingerprint density at radius 2 is 2.23 bits per heavy atom. The van der Waals surface area contributed by atoms with Crippen LogP contribution >= 0.6 is 0 Å². The van der Waals surface area contributed by atoms with Crippen LogP contribution in [-0.4, -0.2) is 49.2 Å². The average Bonchev–Trinajstić information content (AvgIpc) is 2.02. The number of nitrogens with zero attached hydrogens (tertiary/aromatic N) is 1. The third-order valence-corrected chi connectivity index (χ3v) is 1.84. The van der Waals surface area contributed by atoms with Crippen LogP contribution in [0.25, 0.3) is 0 Å². The van der Waals surface area contributed by atoms with Crippen molar-refractivity contribution in [2.45, 2.75) is 13.0 Å². The summed E-state index contributed by atoms with van der Waals surface area (Å²) in [5.74, 6) is -0.901. The first-order chi connectivity index (χ1) is 6.04. The fourth-order valence-corrected chi connectivity index (χ4v) is 0.718. The molecular weight excluding hydrogens is 168 g/mol. The molecule has 0 heterocycles. The van der Waals surface area contributed by atoms with E-state index < -0.39 is 5.97 Å². The molecule has 0 radical (unpaired) electrons. The Morgan fingerprint density at radius 3 is 2.69 bits per heavy atom. The van der Waals surface area contributed by atoms with E-state index in [4.69, 9.17) is 5.11 Å². The molecule has 0 aliphatic carbocycles. The number of hydrogen-bond donors (Lipinski definition) is 2. The zero-order chi connectivity index (χ0) is 10.3. The summed E-state index contributed by atoms with van der Waals surface area (Å²) in [5.41, 5.74) is 0. The highest BCUT2D eigenvalue weighted by Gasteiger charge is 2.01. The van der Waals surface area contributed by atoms with E-state index in [9.17, 15) is 4.79 Å². The van der Waals surface area contributed by atoms with Crippen molar-refractivity contribution in [1.29, 1.82) is 0 Å². The zero-order valence-corrected chi connectivity index (χ0v) is 8.45. The second-order valence-corrected chi connectivity index (χ2v) is 3.21. The van der Waals surface area contributed by atoms with Gasteiger partial charge in [-0.25, -0.2) is 4.79 Å². The van der Waals surface area contributed by atoms with Crippen LogP contribution in [0.3, 0.4) is 0 Å². The smallest absolute Gasteiger partial charge is 0.328 e. The monoisotopic (exact) mass is 186 g/mol. The number of nitrogens with one attached hydrogen (secondary N) is 1. The van der Waals surface area contributed by atoms with Gasteiger partial charge in [0.15, 0.2) is 0 Å². The molecule has 2 N–H and O–H groups in total. The summed E-state index contributed by atoms with van der Waals surface area (Å²) in [7, 11) is 4.03. The molecule has 4 nitrogen and oxygen atoms in total. The zero-order valence-electron chi connectivity index (χ0n) is 8.45. The Balaban J connectivity index is 3.40. The van der Waals surface area contributed by atoms with Crippen LogP contribution in [0.2, 0.25) is 0 Å². The van der Waals surface area contributed by atoms with Crippen molar-refractivity contribution in [2.75, 3.05) is 27.2 Å². The maximum Gasteiger partial charge on any atom is 0.328 e. The highest BCUT2D eigenvalue weighted by atomic mass is 16.4. The SMILES string of the molecule is CC(CNC/C=C/C(=O)O)N(C)C. The summed E-state index contributed by atoms with van der Waals surface area (Å²) >= 11 is 0. The quantitative estimate of drug-likeness (QED) is 0.458. The van der Waals surface area contributed by atoms with Crippen molar-refractivity contribution in [2.24, 2.45) is 0 Å². The first-order valence-electron chi connectivity index (χ1n) is 4.30. The van der Waals surface area contributed by atoms with Gasteiger partial charge in [-0.15, -0.1) is 0 Å². The molecule has 1 unspecified atom stereocenters. The van der Waals surface area contributed by atoms with E-state index >= 15 is 0 Å². The van der Waals surface area contributed by atoms with E-state index in [0.29, 0.717) is 12.6 Å². The number of carbonyl (C=O) groups is 1. The molecule has 0 bridgehead atoms. The molecule has 0 aromatic carbocycles. The van der Waals surface area contributed by atoms with Crippen molar-refractivity contribution in [1.82, 2.24) is 10.2 Å². The fourth-order valence-electron chi connectivity index (χ4n) is 0.718. The molecule has 0 spiro atoms. The van der Waals surface area contributed by atoms with Crippen LogP contribution in [-0.2, 0) is 4.79 Å². The number of hydrogen-bond acceptors (Lipinski definition) is 3. The van der Waals surface area contributed by atoms with Crippen molar-refractivity contribution in [3.63, 3.8) is 0 Å². The van der Waals surface area contributed by atoms with E-state index in [1.807, 2.05) is 14.1 Å². The van der Waals surface area contributed by atoms with Gasteiger partial charge in [0.05, 0.1) is 0 Å². The minimum Gasteiger partial charge on any atom is -0.478 e. The Labute approximate surface area is 79.2 Å². The van der Waals surface area contributed by atoms with Crippen LogP contribution in [0.15, 0.2) is 12.2 Å². The summed E-state index contributed by atoms with van der Waals surface area (Å²) in [6.45, 7) is 3.56.